The van der Waals surface area contributed by atoms with Gasteiger partial charge in [0.25, 0.3) is 0 Å². The lowest BCUT2D eigenvalue weighted by Crippen LogP contribution is -2.36. The quantitative estimate of drug-likeness (QED) is 0.860. The van der Waals surface area contributed by atoms with Crippen molar-refractivity contribution in [2.75, 3.05) is 24.2 Å². The van der Waals surface area contributed by atoms with E-state index in [9.17, 15) is 4.79 Å². The molecule has 3 nitrogen and oxygen atoms in total. The van der Waals surface area contributed by atoms with E-state index in [-0.39, 0.29) is 5.91 Å². The Kier molecular flexibility index (Phi) is 6.06. The number of nitrogens with zero attached hydrogens (tertiary/aromatic N) is 1. The second kappa shape index (κ2) is 7.80. The predicted molar refractivity (Wildman–Crippen MR) is 94.8 cm³/mol. The highest BCUT2D eigenvalue weighted by atomic mass is 32.2. The molecule has 1 saturated heterocycles. The van der Waals surface area contributed by atoms with E-state index >= 15 is 0 Å². The van der Waals surface area contributed by atoms with Crippen LogP contribution in [0.5, 0.6) is 0 Å². The first-order chi connectivity index (χ1) is 10.1. The highest BCUT2D eigenvalue weighted by Gasteiger charge is 2.18. The fourth-order valence-corrected chi connectivity index (χ4v) is 3.36. The molecule has 1 amide bonds. The average Bonchev–Trinajstić information content (AvgIpc) is 2.48. The molecule has 1 aromatic carbocycles. The zero-order valence-corrected chi connectivity index (χ0v) is 14.2. The third-order valence-corrected chi connectivity index (χ3v) is 5.31. The van der Waals surface area contributed by atoms with Crippen LogP contribution in [-0.4, -0.2) is 34.0 Å². The summed E-state index contributed by atoms with van der Waals surface area (Å²) in [6.07, 6.45) is 2.38. The summed E-state index contributed by atoms with van der Waals surface area (Å²) in [4.78, 5) is 14.2. The fraction of sp³-hybridized carbons (Fsp3) is 0.500. The molecule has 0 radical (unpaired) electrons. The van der Waals surface area contributed by atoms with Crippen LogP contribution < -0.4 is 5.32 Å². The molecule has 0 aliphatic carbocycles. The Morgan fingerprint density at radius 3 is 2.71 bits per heavy atom. The first-order valence-electron chi connectivity index (χ1n) is 7.33. The van der Waals surface area contributed by atoms with Gasteiger partial charge in [0.05, 0.1) is 5.75 Å². The van der Waals surface area contributed by atoms with Crippen LogP contribution >= 0.6 is 24.0 Å². The van der Waals surface area contributed by atoms with E-state index in [2.05, 4.69) is 17.1 Å². The molecule has 0 bridgehead atoms. The van der Waals surface area contributed by atoms with Gasteiger partial charge in [-0.05, 0) is 37.3 Å². The number of benzene rings is 1. The van der Waals surface area contributed by atoms with Crippen molar-refractivity contribution in [2.45, 2.75) is 26.7 Å². The molecule has 1 aliphatic heterocycles. The van der Waals surface area contributed by atoms with Gasteiger partial charge in [-0.2, -0.15) is 0 Å². The zero-order chi connectivity index (χ0) is 15.2. The number of carbonyl (C=O) groups excluding carboxylic acids is 1. The van der Waals surface area contributed by atoms with Crippen molar-refractivity contribution in [3.8, 4) is 0 Å². The van der Waals surface area contributed by atoms with Gasteiger partial charge in [0.15, 0.2) is 0 Å². The van der Waals surface area contributed by atoms with Crippen LogP contribution in [0.3, 0.4) is 0 Å². The summed E-state index contributed by atoms with van der Waals surface area (Å²) in [5.41, 5.74) is 1.95. The summed E-state index contributed by atoms with van der Waals surface area (Å²) in [7, 11) is 0. The molecule has 1 N–H and O–H groups in total. The first-order valence-corrected chi connectivity index (χ1v) is 8.73. The summed E-state index contributed by atoms with van der Waals surface area (Å²) in [5, 5.41) is 2.94. The fourth-order valence-electron chi connectivity index (χ4n) is 2.31. The lowest BCUT2D eigenvalue weighted by molar-refractivity contribution is -0.113. The van der Waals surface area contributed by atoms with E-state index in [1.165, 1.54) is 24.6 Å². The number of anilines is 1. The van der Waals surface area contributed by atoms with Crippen LogP contribution in [0.15, 0.2) is 24.3 Å². The highest BCUT2D eigenvalue weighted by Crippen LogP contribution is 2.20. The maximum absolute atomic E-state index is 12.0. The third kappa shape index (κ3) is 5.00. The standard InChI is InChI=1S/C16H22N2OS2/c1-12-7-9-18(10-8-12)16(20)21-11-15(19)17-14-6-4-3-5-13(14)2/h3-6,12H,7-11H2,1-2H3,(H,17,19). The molecule has 1 aliphatic rings. The number of nitrogens with one attached hydrogen (secondary N) is 1. The molecule has 1 heterocycles. The van der Waals surface area contributed by atoms with Gasteiger partial charge in [-0.1, -0.05) is 49.1 Å². The smallest absolute Gasteiger partial charge is 0.234 e. The van der Waals surface area contributed by atoms with Crippen molar-refractivity contribution in [3.05, 3.63) is 29.8 Å². The minimum Gasteiger partial charge on any atom is -0.357 e. The minimum atomic E-state index is 0.00188. The molecule has 0 aromatic heterocycles. The number of rotatable bonds is 3. The van der Waals surface area contributed by atoms with Crippen molar-refractivity contribution >= 4 is 39.9 Å². The lowest BCUT2D eigenvalue weighted by Gasteiger charge is -2.31. The Hall–Kier alpha value is -1.07. The summed E-state index contributed by atoms with van der Waals surface area (Å²) < 4.78 is 0.849. The van der Waals surface area contributed by atoms with Gasteiger partial charge < -0.3 is 10.2 Å². The normalized spacial score (nSPS) is 15.8. The second-order valence-corrected chi connectivity index (χ2v) is 7.20. The number of thiocarbonyl (C=S) groups is 1. The zero-order valence-electron chi connectivity index (χ0n) is 12.6. The van der Waals surface area contributed by atoms with Crippen LogP contribution in [0, 0.1) is 12.8 Å². The molecular weight excluding hydrogens is 300 g/mol. The van der Waals surface area contributed by atoms with Gasteiger partial charge in [-0.15, -0.1) is 0 Å². The Labute approximate surface area is 136 Å². The number of likely N-dealkylation sites (tertiary alicyclic amines) is 1. The Bertz CT molecular complexity index is 511. The third-order valence-electron chi connectivity index (χ3n) is 3.79. The molecule has 1 fully saturated rings. The van der Waals surface area contributed by atoms with Crippen molar-refractivity contribution in [1.29, 1.82) is 0 Å². The summed E-state index contributed by atoms with van der Waals surface area (Å²) in [6.45, 7) is 6.31. The van der Waals surface area contributed by atoms with Gasteiger partial charge >= 0.3 is 0 Å². The number of aryl methyl sites for hydroxylation is 1. The average molecular weight is 322 g/mol. The van der Waals surface area contributed by atoms with E-state index in [4.69, 9.17) is 12.2 Å². The Morgan fingerprint density at radius 2 is 2.05 bits per heavy atom. The van der Waals surface area contributed by atoms with Gasteiger partial charge in [0, 0.05) is 18.8 Å². The highest BCUT2D eigenvalue weighted by molar-refractivity contribution is 8.23. The SMILES string of the molecule is Cc1ccccc1NC(=O)CSC(=S)N1CCC(C)CC1. The predicted octanol–water partition coefficient (Wildman–Crippen LogP) is 3.68. The molecule has 0 atom stereocenters. The topological polar surface area (TPSA) is 32.3 Å². The van der Waals surface area contributed by atoms with Crippen molar-refractivity contribution in [3.63, 3.8) is 0 Å². The van der Waals surface area contributed by atoms with E-state index in [0.29, 0.717) is 5.75 Å². The molecule has 5 heteroatoms. The number of thioether (sulfide) groups is 1. The number of hydrogen-bond donors (Lipinski definition) is 1. The van der Waals surface area contributed by atoms with Crippen LogP contribution in [0.2, 0.25) is 0 Å². The number of hydrogen-bond acceptors (Lipinski definition) is 3. The molecule has 0 spiro atoms. The minimum absolute atomic E-state index is 0.00188. The molecule has 0 saturated carbocycles. The summed E-state index contributed by atoms with van der Waals surface area (Å²) >= 11 is 6.89. The van der Waals surface area contributed by atoms with Gasteiger partial charge in [-0.3, -0.25) is 4.79 Å². The maximum Gasteiger partial charge on any atom is 0.234 e. The Morgan fingerprint density at radius 1 is 1.38 bits per heavy atom. The molecule has 2 rings (SSSR count). The van der Waals surface area contributed by atoms with Gasteiger partial charge in [0.2, 0.25) is 5.91 Å². The Balaban J connectivity index is 1.76. The van der Waals surface area contributed by atoms with Crippen LogP contribution in [0.4, 0.5) is 5.69 Å². The van der Waals surface area contributed by atoms with Crippen LogP contribution in [0.25, 0.3) is 0 Å². The van der Waals surface area contributed by atoms with E-state index < -0.39 is 0 Å². The monoisotopic (exact) mass is 322 g/mol. The summed E-state index contributed by atoms with van der Waals surface area (Å²) in [5.74, 6) is 1.17. The molecule has 0 unspecified atom stereocenters. The summed E-state index contributed by atoms with van der Waals surface area (Å²) in [6, 6.07) is 7.80. The van der Waals surface area contributed by atoms with E-state index in [1.54, 1.807) is 0 Å². The molecular formula is C16H22N2OS2. The van der Waals surface area contributed by atoms with Gasteiger partial charge in [0.1, 0.15) is 4.32 Å². The molecule has 1 aromatic rings. The van der Waals surface area contributed by atoms with Crippen molar-refractivity contribution < 1.29 is 4.79 Å². The second-order valence-electron chi connectivity index (χ2n) is 5.59. The number of para-hydroxylation sites is 1. The number of carbonyl (C=O) groups is 1. The van der Waals surface area contributed by atoms with Crippen LogP contribution in [0.1, 0.15) is 25.3 Å². The molecule has 21 heavy (non-hydrogen) atoms. The van der Waals surface area contributed by atoms with Crippen LogP contribution in [-0.2, 0) is 4.79 Å². The van der Waals surface area contributed by atoms with E-state index in [0.717, 1.165) is 34.6 Å². The molecule has 114 valence electrons. The van der Waals surface area contributed by atoms with E-state index in [1.807, 2.05) is 31.2 Å². The largest absolute Gasteiger partial charge is 0.357 e. The lowest BCUT2D eigenvalue weighted by atomic mass is 10.00. The number of piperidine rings is 1. The number of amides is 1. The van der Waals surface area contributed by atoms with Gasteiger partial charge in [-0.25, -0.2) is 0 Å². The maximum atomic E-state index is 12.0. The first kappa shape index (κ1) is 16.3. The van der Waals surface area contributed by atoms with Crippen molar-refractivity contribution in [1.82, 2.24) is 4.90 Å². The van der Waals surface area contributed by atoms with Crippen molar-refractivity contribution in [2.24, 2.45) is 5.92 Å².